The molecule has 0 aromatic heterocycles. The molecule has 0 bridgehead atoms. The summed E-state index contributed by atoms with van der Waals surface area (Å²) in [5.74, 6) is 0. The monoisotopic (exact) mass is 344 g/mol. The molecule has 0 saturated heterocycles. The van der Waals surface area contributed by atoms with Crippen LogP contribution in [0, 0.1) is 0 Å². The topological polar surface area (TPSA) is 9.23 Å². The maximum Gasteiger partial charge on any atom is 0.391 e. The van der Waals surface area contributed by atoms with Gasteiger partial charge in [0, 0.05) is 4.43 Å². The van der Waals surface area contributed by atoms with E-state index in [0.29, 0.717) is 4.43 Å². The van der Waals surface area contributed by atoms with Crippen LogP contribution in [0.1, 0.15) is 18.1 Å². The van der Waals surface area contributed by atoms with Gasteiger partial charge in [-0.3, -0.25) is 0 Å². The number of alkyl halides is 4. The fourth-order valence-corrected chi connectivity index (χ4v) is 1.98. The number of halogens is 4. The number of hydrogen-bond donors (Lipinski definition) is 0. The Morgan fingerprint density at radius 3 is 2.31 bits per heavy atom. The smallest absolute Gasteiger partial charge is 0.372 e. The van der Waals surface area contributed by atoms with Gasteiger partial charge >= 0.3 is 6.18 Å². The van der Waals surface area contributed by atoms with E-state index in [1.165, 1.54) is 0 Å². The average molecular weight is 344 g/mol. The van der Waals surface area contributed by atoms with Gasteiger partial charge in [-0.25, -0.2) is 0 Å². The first-order chi connectivity index (χ1) is 7.53. The van der Waals surface area contributed by atoms with E-state index in [-0.39, 0.29) is 12.7 Å². The predicted octanol–water partition coefficient (Wildman–Crippen LogP) is 4.13. The van der Waals surface area contributed by atoms with Crippen molar-refractivity contribution in [2.75, 3.05) is 11.0 Å². The summed E-state index contributed by atoms with van der Waals surface area (Å²) >= 11 is 2.11. The lowest BCUT2D eigenvalue weighted by molar-refractivity contribution is -0.148. The molecule has 16 heavy (non-hydrogen) atoms. The molecule has 0 aliphatic carbocycles. The van der Waals surface area contributed by atoms with Gasteiger partial charge in [-0.05, 0) is 5.56 Å². The van der Waals surface area contributed by atoms with Gasteiger partial charge in [-0.1, -0.05) is 52.9 Å². The Labute approximate surface area is 106 Å². The number of benzene rings is 1. The van der Waals surface area contributed by atoms with Crippen molar-refractivity contribution in [1.82, 2.24) is 0 Å². The first-order valence-corrected chi connectivity index (χ1v) is 6.35. The van der Waals surface area contributed by atoms with Crippen molar-refractivity contribution in [3.8, 4) is 0 Å². The highest BCUT2D eigenvalue weighted by molar-refractivity contribution is 14.1. The molecule has 0 radical (unpaired) electrons. The molecule has 1 aromatic rings. The van der Waals surface area contributed by atoms with Crippen molar-refractivity contribution in [3.05, 3.63) is 35.9 Å². The average Bonchev–Trinajstić information content (AvgIpc) is 2.24. The Hall–Kier alpha value is -0.300. The lowest BCUT2D eigenvalue weighted by atomic mass is 10.1. The van der Waals surface area contributed by atoms with Crippen molar-refractivity contribution in [2.45, 2.75) is 18.7 Å². The SMILES string of the molecule is FC(F)(F)CCOC(CI)c1ccccc1. The van der Waals surface area contributed by atoms with Crippen LogP contribution in [0.5, 0.6) is 0 Å². The summed E-state index contributed by atoms with van der Waals surface area (Å²) in [5.41, 5.74) is 0.916. The van der Waals surface area contributed by atoms with Crippen LogP contribution in [0.2, 0.25) is 0 Å². The molecule has 1 rings (SSSR count). The van der Waals surface area contributed by atoms with E-state index in [4.69, 9.17) is 4.74 Å². The van der Waals surface area contributed by atoms with Crippen LogP contribution in [-0.4, -0.2) is 17.2 Å². The van der Waals surface area contributed by atoms with Crippen molar-refractivity contribution < 1.29 is 17.9 Å². The van der Waals surface area contributed by atoms with Crippen LogP contribution in [0.3, 0.4) is 0 Å². The summed E-state index contributed by atoms with van der Waals surface area (Å²) in [6.07, 6.45) is -5.30. The van der Waals surface area contributed by atoms with Crippen molar-refractivity contribution in [2.24, 2.45) is 0 Å². The van der Waals surface area contributed by atoms with E-state index < -0.39 is 12.6 Å². The van der Waals surface area contributed by atoms with Gasteiger partial charge < -0.3 is 4.74 Å². The molecule has 0 heterocycles. The molecule has 0 amide bonds. The minimum Gasteiger partial charge on any atom is -0.372 e. The lowest BCUT2D eigenvalue weighted by Gasteiger charge is -2.16. The van der Waals surface area contributed by atoms with Crippen LogP contribution in [0.15, 0.2) is 30.3 Å². The zero-order valence-corrected chi connectivity index (χ0v) is 10.7. The first kappa shape index (κ1) is 13.8. The Morgan fingerprint density at radius 1 is 1.19 bits per heavy atom. The molecule has 0 aliphatic heterocycles. The second-order valence-electron chi connectivity index (χ2n) is 3.29. The summed E-state index contributed by atoms with van der Waals surface area (Å²) in [6, 6.07) is 9.28. The van der Waals surface area contributed by atoms with E-state index in [0.717, 1.165) is 5.56 Å². The third kappa shape index (κ3) is 5.16. The Morgan fingerprint density at radius 2 is 1.81 bits per heavy atom. The summed E-state index contributed by atoms with van der Waals surface area (Å²) in [4.78, 5) is 0. The molecule has 0 spiro atoms. The predicted molar refractivity (Wildman–Crippen MR) is 64.7 cm³/mol. The van der Waals surface area contributed by atoms with Crippen molar-refractivity contribution >= 4 is 22.6 Å². The third-order valence-corrected chi connectivity index (χ3v) is 2.82. The second kappa shape index (κ2) is 6.44. The van der Waals surface area contributed by atoms with Crippen LogP contribution < -0.4 is 0 Å². The molecule has 5 heteroatoms. The number of ether oxygens (including phenoxy) is 1. The fraction of sp³-hybridized carbons (Fsp3) is 0.455. The molecule has 0 aliphatic rings. The third-order valence-electron chi connectivity index (χ3n) is 2.02. The molecule has 90 valence electrons. The van der Waals surface area contributed by atoms with E-state index in [1.807, 2.05) is 30.3 Å². The minimum atomic E-state index is -4.15. The van der Waals surface area contributed by atoms with Crippen molar-refractivity contribution in [1.29, 1.82) is 0 Å². The van der Waals surface area contributed by atoms with Crippen LogP contribution in [0.25, 0.3) is 0 Å². The van der Waals surface area contributed by atoms with E-state index >= 15 is 0 Å². The maximum absolute atomic E-state index is 11.9. The number of rotatable bonds is 5. The van der Waals surface area contributed by atoms with E-state index in [1.54, 1.807) is 0 Å². The van der Waals surface area contributed by atoms with Gasteiger partial charge in [0.25, 0.3) is 0 Å². The summed E-state index contributed by atoms with van der Waals surface area (Å²) in [5, 5.41) is 0. The van der Waals surface area contributed by atoms with Crippen LogP contribution in [0.4, 0.5) is 13.2 Å². The lowest BCUT2D eigenvalue weighted by Crippen LogP contribution is -2.14. The van der Waals surface area contributed by atoms with Gasteiger partial charge in [0.05, 0.1) is 19.1 Å². The molecule has 1 aromatic carbocycles. The van der Waals surface area contributed by atoms with Gasteiger partial charge in [0.1, 0.15) is 0 Å². The molecule has 0 fully saturated rings. The standard InChI is InChI=1S/C11H12F3IO/c12-11(13,14)6-7-16-10(8-15)9-4-2-1-3-5-9/h1-5,10H,6-8H2. The van der Waals surface area contributed by atoms with Gasteiger partial charge in [0.15, 0.2) is 0 Å². The molecule has 1 unspecified atom stereocenters. The maximum atomic E-state index is 11.9. The van der Waals surface area contributed by atoms with Crippen LogP contribution >= 0.6 is 22.6 Å². The molecule has 0 N–H and O–H groups in total. The zero-order valence-electron chi connectivity index (χ0n) is 8.51. The molecular weight excluding hydrogens is 332 g/mol. The minimum absolute atomic E-state index is 0.260. The van der Waals surface area contributed by atoms with E-state index in [2.05, 4.69) is 22.6 Å². The Bertz CT molecular complexity index is 300. The summed E-state index contributed by atoms with van der Waals surface area (Å²) in [7, 11) is 0. The zero-order chi connectivity index (χ0) is 12.0. The quantitative estimate of drug-likeness (QED) is 0.577. The molecule has 0 saturated carbocycles. The van der Waals surface area contributed by atoms with Gasteiger partial charge in [0.2, 0.25) is 0 Å². The molecule has 1 atom stereocenters. The highest BCUT2D eigenvalue weighted by atomic mass is 127. The molecule has 1 nitrogen and oxygen atoms in total. The highest BCUT2D eigenvalue weighted by Gasteiger charge is 2.27. The normalized spacial score (nSPS) is 13.8. The highest BCUT2D eigenvalue weighted by Crippen LogP contribution is 2.23. The second-order valence-corrected chi connectivity index (χ2v) is 4.17. The van der Waals surface area contributed by atoms with Crippen LogP contribution in [-0.2, 0) is 4.74 Å². The van der Waals surface area contributed by atoms with Gasteiger partial charge in [-0.2, -0.15) is 13.2 Å². The van der Waals surface area contributed by atoms with E-state index in [9.17, 15) is 13.2 Å². The van der Waals surface area contributed by atoms with Crippen molar-refractivity contribution in [3.63, 3.8) is 0 Å². The summed E-state index contributed by atoms with van der Waals surface area (Å²) in [6.45, 7) is -0.286. The Balaban J connectivity index is 2.45. The fourth-order valence-electron chi connectivity index (χ4n) is 1.21. The summed E-state index contributed by atoms with van der Waals surface area (Å²) < 4.78 is 41.7. The number of hydrogen-bond acceptors (Lipinski definition) is 1. The molecular formula is C11H12F3IO. The first-order valence-electron chi connectivity index (χ1n) is 4.82. The van der Waals surface area contributed by atoms with Gasteiger partial charge in [-0.15, -0.1) is 0 Å². The largest absolute Gasteiger partial charge is 0.391 e. The Kier molecular flexibility index (Phi) is 5.54.